The minimum atomic E-state index is -0.852. The molecule has 28 heavy (non-hydrogen) atoms. The zero-order chi connectivity index (χ0) is 19.9. The highest BCUT2D eigenvalue weighted by Gasteiger charge is 2.22. The topological polar surface area (TPSA) is 89.0 Å². The quantitative estimate of drug-likeness (QED) is 0.764. The van der Waals surface area contributed by atoms with Crippen molar-refractivity contribution in [1.29, 1.82) is 0 Å². The molecule has 0 unspecified atom stereocenters. The monoisotopic (exact) mass is 384 g/mol. The Bertz CT molecular complexity index is 797. The van der Waals surface area contributed by atoms with Crippen LogP contribution in [-0.2, 0) is 4.74 Å². The Balaban J connectivity index is 1.52. The summed E-state index contributed by atoms with van der Waals surface area (Å²) in [6.45, 7) is 3.80. The van der Waals surface area contributed by atoms with Gasteiger partial charge in [-0.05, 0) is 49.9 Å². The molecule has 7 nitrogen and oxygen atoms in total. The first-order valence-electron chi connectivity index (χ1n) is 9.41. The summed E-state index contributed by atoms with van der Waals surface area (Å²) >= 11 is 0. The molecule has 0 spiro atoms. The first kappa shape index (κ1) is 19.7. The Morgan fingerprint density at radius 1 is 1.14 bits per heavy atom. The molecular formula is C21H24N2O5. The number of carbonyl (C=O) groups excluding carboxylic acids is 1. The van der Waals surface area contributed by atoms with Gasteiger partial charge in [0.2, 0.25) is 0 Å². The minimum absolute atomic E-state index is 0.333. The number of likely N-dealkylation sites (tertiary alicyclic amines) is 1. The number of carbonyl (C=O) groups is 2. The van der Waals surface area contributed by atoms with Gasteiger partial charge in [-0.15, -0.1) is 0 Å². The van der Waals surface area contributed by atoms with Crippen LogP contribution in [0.3, 0.4) is 0 Å². The van der Waals surface area contributed by atoms with E-state index >= 15 is 0 Å². The lowest BCUT2D eigenvalue weighted by Gasteiger charge is -2.29. The van der Waals surface area contributed by atoms with Crippen LogP contribution in [0.4, 0.5) is 4.79 Å². The normalized spacial score (nSPS) is 14.5. The summed E-state index contributed by atoms with van der Waals surface area (Å²) in [7, 11) is 0. The van der Waals surface area contributed by atoms with Crippen molar-refractivity contribution < 1.29 is 24.2 Å². The Kier molecular flexibility index (Phi) is 6.47. The van der Waals surface area contributed by atoms with Crippen LogP contribution >= 0.6 is 0 Å². The fourth-order valence-electron chi connectivity index (χ4n) is 3.13. The van der Waals surface area contributed by atoms with E-state index in [4.69, 9.17) is 14.6 Å². The molecule has 1 aromatic carbocycles. The first-order valence-corrected chi connectivity index (χ1v) is 9.41. The number of benzene rings is 1. The number of nitrogens with zero attached hydrogens (tertiary/aromatic N) is 2. The first-order chi connectivity index (χ1) is 13.6. The highest BCUT2D eigenvalue weighted by Crippen LogP contribution is 2.22. The van der Waals surface area contributed by atoms with Crippen molar-refractivity contribution in [2.24, 2.45) is 5.92 Å². The lowest BCUT2D eigenvalue weighted by molar-refractivity contribution is 0.0526. The molecule has 148 valence electrons. The molecule has 1 aliphatic heterocycles. The summed E-state index contributed by atoms with van der Waals surface area (Å²) in [4.78, 5) is 28.5. The van der Waals surface area contributed by atoms with Gasteiger partial charge in [0.1, 0.15) is 5.75 Å². The van der Waals surface area contributed by atoms with E-state index in [9.17, 15) is 9.59 Å². The number of carboxylic acid groups (broad SMARTS) is 1. The van der Waals surface area contributed by atoms with Crippen molar-refractivity contribution in [3.8, 4) is 17.0 Å². The van der Waals surface area contributed by atoms with Crippen LogP contribution in [0.1, 0.15) is 30.1 Å². The Morgan fingerprint density at radius 3 is 2.43 bits per heavy atom. The highest BCUT2D eigenvalue weighted by molar-refractivity contribution is 5.90. The highest BCUT2D eigenvalue weighted by atomic mass is 16.5. The zero-order valence-electron chi connectivity index (χ0n) is 15.8. The van der Waals surface area contributed by atoms with Gasteiger partial charge in [-0.2, -0.15) is 0 Å². The molecule has 1 aromatic heterocycles. The van der Waals surface area contributed by atoms with Gasteiger partial charge in [-0.3, -0.25) is 4.98 Å². The lowest BCUT2D eigenvalue weighted by Crippen LogP contribution is -2.38. The van der Waals surface area contributed by atoms with Crippen molar-refractivity contribution in [1.82, 2.24) is 9.88 Å². The number of aromatic nitrogens is 1. The smallest absolute Gasteiger partial charge is 0.407 e. The van der Waals surface area contributed by atoms with Crippen LogP contribution in [0.25, 0.3) is 11.3 Å². The van der Waals surface area contributed by atoms with Gasteiger partial charge in [0, 0.05) is 18.7 Å². The molecule has 0 atom stereocenters. The lowest BCUT2D eigenvalue weighted by atomic mass is 9.98. The van der Waals surface area contributed by atoms with E-state index in [0.717, 1.165) is 24.1 Å². The largest absolute Gasteiger partial charge is 0.492 e. The number of pyridine rings is 1. The number of amides is 1. The number of esters is 1. The third-order valence-corrected chi connectivity index (χ3v) is 4.80. The summed E-state index contributed by atoms with van der Waals surface area (Å²) in [5, 5.41) is 8.98. The summed E-state index contributed by atoms with van der Waals surface area (Å²) in [6.07, 6.45) is 2.45. The standard InChI is InChI=1S/C21H24N2O5/c1-2-27-20(24)17-5-3-16(4-6-17)19-8-7-18(13-22-19)28-14-15-9-11-23(12-10-15)21(25)26/h3-8,13,15H,2,9-12,14H2,1H3,(H,25,26). The molecule has 1 amide bonds. The van der Waals surface area contributed by atoms with Crippen molar-refractivity contribution in [3.63, 3.8) is 0 Å². The molecule has 1 N–H and O–H groups in total. The summed E-state index contributed by atoms with van der Waals surface area (Å²) in [5.74, 6) is 0.707. The van der Waals surface area contributed by atoms with Gasteiger partial charge in [-0.1, -0.05) is 12.1 Å². The van der Waals surface area contributed by atoms with E-state index in [0.29, 0.717) is 43.5 Å². The van der Waals surface area contributed by atoms with E-state index in [2.05, 4.69) is 4.98 Å². The van der Waals surface area contributed by atoms with Crippen molar-refractivity contribution in [3.05, 3.63) is 48.2 Å². The molecular weight excluding hydrogens is 360 g/mol. The number of rotatable bonds is 6. The van der Waals surface area contributed by atoms with Crippen LogP contribution in [0.2, 0.25) is 0 Å². The molecule has 2 heterocycles. The molecule has 1 saturated heterocycles. The Labute approximate surface area is 163 Å². The fraction of sp³-hybridized carbons (Fsp3) is 0.381. The predicted molar refractivity (Wildman–Crippen MR) is 103 cm³/mol. The van der Waals surface area contributed by atoms with Crippen molar-refractivity contribution in [2.75, 3.05) is 26.3 Å². The number of ether oxygens (including phenoxy) is 2. The Morgan fingerprint density at radius 2 is 1.86 bits per heavy atom. The number of piperidine rings is 1. The second kappa shape index (κ2) is 9.21. The molecule has 7 heteroatoms. The second-order valence-electron chi connectivity index (χ2n) is 6.70. The summed E-state index contributed by atoms with van der Waals surface area (Å²) < 4.78 is 10.8. The van der Waals surface area contributed by atoms with Gasteiger partial charge < -0.3 is 19.5 Å². The van der Waals surface area contributed by atoms with E-state index in [-0.39, 0.29) is 5.97 Å². The maximum Gasteiger partial charge on any atom is 0.407 e. The van der Waals surface area contributed by atoms with E-state index < -0.39 is 6.09 Å². The van der Waals surface area contributed by atoms with Crippen LogP contribution in [0.5, 0.6) is 5.75 Å². The molecule has 0 aliphatic carbocycles. The average molecular weight is 384 g/mol. The van der Waals surface area contributed by atoms with Crippen LogP contribution in [0.15, 0.2) is 42.6 Å². The molecule has 1 aliphatic rings. The minimum Gasteiger partial charge on any atom is -0.492 e. The second-order valence-corrected chi connectivity index (χ2v) is 6.70. The molecule has 2 aromatic rings. The van der Waals surface area contributed by atoms with E-state index in [1.807, 2.05) is 24.3 Å². The van der Waals surface area contributed by atoms with Crippen LogP contribution < -0.4 is 4.74 Å². The van der Waals surface area contributed by atoms with Crippen molar-refractivity contribution in [2.45, 2.75) is 19.8 Å². The van der Waals surface area contributed by atoms with Gasteiger partial charge in [0.15, 0.2) is 0 Å². The number of hydrogen-bond donors (Lipinski definition) is 1. The number of hydrogen-bond acceptors (Lipinski definition) is 5. The van der Waals surface area contributed by atoms with Gasteiger partial charge in [0.25, 0.3) is 0 Å². The van der Waals surface area contributed by atoms with Gasteiger partial charge >= 0.3 is 12.1 Å². The SMILES string of the molecule is CCOC(=O)c1ccc(-c2ccc(OCC3CCN(C(=O)O)CC3)cn2)cc1. The third-order valence-electron chi connectivity index (χ3n) is 4.80. The van der Waals surface area contributed by atoms with E-state index in [1.165, 1.54) is 4.90 Å². The Hall–Kier alpha value is -3.09. The van der Waals surface area contributed by atoms with Gasteiger partial charge in [0.05, 0.1) is 30.7 Å². The van der Waals surface area contributed by atoms with Crippen LogP contribution in [0, 0.1) is 5.92 Å². The summed E-state index contributed by atoms with van der Waals surface area (Å²) in [6, 6.07) is 10.9. The third kappa shape index (κ3) is 5.00. The maximum absolute atomic E-state index is 11.7. The summed E-state index contributed by atoms with van der Waals surface area (Å²) in [5.41, 5.74) is 2.21. The van der Waals surface area contributed by atoms with Gasteiger partial charge in [-0.25, -0.2) is 9.59 Å². The zero-order valence-corrected chi connectivity index (χ0v) is 15.8. The molecule has 0 saturated carbocycles. The predicted octanol–water partition coefficient (Wildman–Crippen LogP) is 3.69. The molecule has 0 bridgehead atoms. The average Bonchev–Trinajstić information content (AvgIpc) is 2.73. The molecule has 0 radical (unpaired) electrons. The van der Waals surface area contributed by atoms with E-state index in [1.54, 1.807) is 25.3 Å². The van der Waals surface area contributed by atoms with Crippen molar-refractivity contribution >= 4 is 12.1 Å². The molecule has 3 rings (SSSR count). The molecule has 1 fully saturated rings. The van der Waals surface area contributed by atoms with Crippen LogP contribution in [-0.4, -0.2) is 53.4 Å². The maximum atomic E-state index is 11.7. The fourth-order valence-corrected chi connectivity index (χ4v) is 3.13.